The lowest BCUT2D eigenvalue weighted by Crippen LogP contribution is -2.43. The van der Waals surface area contributed by atoms with Crippen molar-refractivity contribution in [3.63, 3.8) is 0 Å². The van der Waals surface area contributed by atoms with Crippen LogP contribution in [0, 0.1) is 5.82 Å². The summed E-state index contributed by atoms with van der Waals surface area (Å²) in [7, 11) is 1.95. The molecule has 6 N–H and O–H groups in total. The number of halogens is 1. The number of benzene rings is 1. The normalized spacial score (nSPS) is 19.3. The average Bonchev–Trinajstić information content (AvgIpc) is 3.08. The fourth-order valence-corrected chi connectivity index (χ4v) is 3.93. The number of pyridine rings is 1. The van der Waals surface area contributed by atoms with Crippen LogP contribution in [0.4, 0.5) is 21.7 Å². The molecule has 0 spiro atoms. The minimum atomic E-state index is -0.750. The van der Waals surface area contributed by atoms with Crippen LogP contribution in [0.15, 0.2) is 36.5 Å². The number of nitrogens with two attached hydrogens (primary N) is 2. The Kier molecular flexibility index (Phi) is 5.10. The standard InChI is InChI=1S/C21H25FN6O/c1-28-10-9-12-16(7-4-8-18(12)28)25-20-13(19(24)29)11-14(22)21(27-20)26-17-6-3-2-5-15(17)23/h4,7-11,15,17H,2-3,5-6,23H2,1H3,(H2,24,29)(H2,25,26,27). The van der Waals surface area contributed by atoms with Gasteiger partial charge < -0.3 is 26.7 Å². The quantitative estimate of drug-likeness (QED) is 0.529. The van der Waals surface area contributed by atoms with Crippen molar-refractivity contribution in [2.75, 3.05) is 10.6 Å². The van der Waals surface area contributed by atoms with Gasteiger partial charge in [0.25, 0.3) is 5.91 Å². The maximum atomic E-state index is 14.7. The van der Waals surface area contributed by atoms with Crippen LogP contribution in [0.5, 0.6) is 0 Å². The van der Waals surface area contributed by atoms with Crippen LogP contribution in [0.25, 0.3) is 10.9 Å². The maximum Gasteiger partial charge on any atom is 0.252 e. The minimum Gasteiger partial charge on any atom is -0.365 e. The van der Waals surface area contributed by atoms with Crippen LogP contribution >= 0.6 is 0 Å². The molecular weight excluding hydrogens is 371 g/mol. The predicted octanol–water partition coefficient (Wildman–Crippen LogP) is 3.24. The number of hydrogen-bond donors (Lipinski definition) is 4. The second-order valence-electron chi connectivity index (χ2n) is 7.57. The number of aromatic nitrogens is 2. The van der Waals surface area contributed by atoms with E-state index in [2.05, 4.69) is 15.6 Å². The third-order valence-corrected chi connectivity index (χ3v) is 5.56. The molecule has 8 heteroatoms. The highest BCUT2D eigenvalue weighted by molar-refractivity contribution is 6.01. The lowest BCUT2D eigenvalue weighted by molar-refractivity contribution is 0.100. The molecule has 1 aliphatic carbocycles. The van der Waals surface area contributed by atoms with E-state index < -0.39 is 11.7 Å². The van der Waals surface area contributed by atoms with E-state index in [1.807, 2.05) is 42.1 Å². The summed E-state index contributed by atoms with van der Waals surface area (Å²) >= 11 is 0. The van der Waals surface area contributed by atoms with Gasteiger partial charge in [-0.05, 0) is 37.1 Å². The first-order valence-corrected chi connectivity index (χ1v) is 9.77. The van der Waals surface area contributed by atoms with Gasteiger partial charge in [-0.1, -0.05) is 18.9 Å². The highest BCUT2D eigenvalue weighted by Crippen LogP contribution is 2.30. The Hall–Kier alpha value is -3.13. The molecule has 1 saturated carbocycles. The van der Waals surface area contributed by atoms with E-state index in [4.69, 9.17) is 11.5 Å². The number of primary amides is 1. The fraction of sp³-hybridized carbons (Fsp3) is 0.333. The van der Waals surface area contributed by atoms with Crippen molar-refractivity contribution in [2.24, 2.45) is 18.5 Å². The van der Waals surface area contributed by atoms with E-state index in [0.717, 1.165) is 48.3 Å². The number of nitrogens with zero attached hydrogens (tertiary/aromatic N) is 2. The smallest absolute Gasteiger partial charge is 0.252 e. The molecule has 0 saturated heterocycles. The summed E-state index contributed by atoms with van der Waals surface area (Å²) in [4.78, 5) is 16.3. The summed E-state index contributed by atoms with van der Waals surface area (Å²) in [5.74, 6) is -1.10. The molecule has 1 amide bonds. The molecule has 2 heterocycles. The second kappa shape index (κ2) is 7.71. The minimum absolute atomic E-state index is 0.00562. The van der Waals surface area contributed by atoms with Crippen molar-refractivity contribution in [3.05, 3.63) is 47.9 Å². The molecule has 29 heavy (non-hydrogen) atoms. The summed E-state index contributed by atoms with van der Waals surface area (Å²) in [6.07, 6.45) is 5.79. The number of carbonyl (C=O) groups excluding carboxylic acids is 1. The van der Waals surface area contributed by atoms with Crippen molar-refractivity contribution in [1.29, 1.82) is 0 Å². The molecule has 1 aromatic carbocycles. The molecule has 3 aromatic rings. The summed E-state index contributed by atoms with van der Waals surface area (Å²) in [5, 5.41) is 7.25. The number of amides is 1. The molecule has 2 unspecified atom stereocenters. The van der Waals surface area contributed by atoms with Crippen LogP contribution in [0.2, 0.25) is 0 Å². The summed E-state index contributed by atoms with van der Waals surface area (Å²) in [6, 6.07) is 8.74. The van der Waals surface area contributed by atoms with Crippen LogP contribution in [-0.4, -0.2) is 27.5 Å². The van der Waals surface area contributed by atoms with Crippen molar-refractivity contribution in [1.82, 2.24) is 9.55 Å². The number of fused-ring (bicyclic) bond motifs is 1. The summed E-state index contributed by atoms with van der Waals surface area (Å²) in [6.45, 7) is 0. The summed E-state index contributed by atoms with van der Waals surface area (Å²) in [5.41, 5.74) is 13.4. The zero-order valence-electron chi connectivity index (χ0n) is 16.3. The molecule has 0 aliphatic heterocycles. The van der Waals surface area contributed by atoms with Gasteiger partial charge in [-0.2, -0.15) is 0 Å². The first-order chi connectivity index (χ1) is 13.9. The van der Waals surface area contributed by atoms with Crippen LogP contribution in [0.1, 0.15) is 36.0 Å². The van der Waals surface area contributed by atoms with Crippen molar-refractivity contribution < 1.29 is 9.18 Å². The Bertz CT molecular complexity index is 1060. The molecule has 152 valence electrons. The predicted molar refractivity (Wildman–Crippen MR) is 113 cm³/mol. The van der Waals surface area contributed by atoms with E-state index >= 15 is 0 Å². The number of aryl methyl sites for hydroxylation is 1. The van der Waals surface area contributed by atoms with E-state index in [0.29, 0.717) is 0 Å². The zero-order valence-corrected chi connectivity index (χ0v) is 16.3. The number of hydrogen-bond acceptors (Lipinski definition) is 5. The molecular formula is C21H25FN6O. The molecule has 2 atom stereocenters. The Morgan fingerprint density at radius 2 is 2.03 bits per heavy atom. The van der Waals surface area contributed by atoms with Gasteiger partial charge in [0.05, 0.1) is 5.56 Å². The molecule has 2 aromatic heterocycles. The Morgan fingerprint density at radius 1 is 1.24 bits per heavy atom. The Labute approximate surface area is 168 Å². The monoisotopic (exact) mass is 396 g/mol. The first-order valence-electron chi connectivity index (χ1n) is 9.77. The van der Waals surface area contributed by atoms with Crippen molar-refractivity contribution in [3.8, 4) is 0 Å². The SMILES string of the molecule is Cn1ccc2c(Nc3nc(NC4CCCCC4N)c(F)cc3C(N)=O)cccc21. The van der Waals surface area contributed by atoms with Gasteiger partial charge in [0.15, 0.2) is 11.6 Å². The van der Waals surface area contributed by atoms with E-state index in [1.54, 1.807) is 0 Å². The van der Waals surface area contributed by atoms with Crippen LogP contribution in [0.3, 0.4) is 0 Å². The molecule has 7 nitrogen and oxygen atoms in total. The lowest BCUT2D eigenvalue weighted by atomic mass is 9.91. The molecule has 4 rings (SSSR count). The zero-order chi connectivity index (χ0) is 20.5. The number of nitrogens with one attached hydrogen (secondary N) is 2. The number of rotatable bonds is 5. The van der Waals surface area contributed by atoms with E-state index in [9.17, 15) is 9.18 Å². The summed E-state index contributed by atoms with van der Waals surface area (Å²) < 4.78 is 16.7. The van der Waals surface area contributed by atoms with Crippen molar-refractivity contribution in [2.45, 2.75) is 37.8 Å². The first kappa shape index (κ1) is 19.2. The highest BCUT2D eigenvalue weighted by atomic mass is 19.1. The Morgan fingerprint density at radius 3 is 2.79 bits per heavy atom. The van der Waals surface area contributed by atoms with Gasteiger partial charge in [0, 0.05) is 41.9 Å². The third kappa shape index (κ3) is 3.75. The van der Waals surface area contributed by atoms with Crippen LogP contribution < -0.4 is 22.1 Å². The van der Waals surface area contributed by atoms with Gasteiger partial charge in [0.1, 0.15) is 5.82 Å². The molecule has 1 aliphatic rings. The third-order valence-electron chi connectivity index (χ3n) is 5.56. The number of anilines is 3. The van der Waals surface area contributed by atoms with Gasteiger partial charge in [-0.3, -0.25) is 4.79 Å². The lowest BCUT2D eigenvalue weighted by Gasteiger charge is -2.30. The van der Waals surface area contributed by atoms with Gasteiger partial charge in [0.2, 0.25) is 0 Å². The largest absolute Gasteiger partial charge is 0.365 e. The second-order valence-corrected chi connectivity index (χ2v) is 7.57. The number of carbonyl (C=O) groups is 1. The topological polar surface area (TPSA) is 111 Å². The van der Waals surface area contributed by atoms with Crippen LogP contribution in [-0.2, 0) is 7.05 Å². The molecule has 0 radical (unpaired) electrons. The Balaban J connectivity index is 1.71. The van der Waals surface area contributed by atoms with E-state index in [-0.39, 0.29) is 29.3 Å². The van der Waals surface area contributed by atoms with Gasteiger partial charge >= 0.3 is 0 Å². The van der Waals surface area contributed by atoms with Crippen molar-refractivity contribution >= 4 is 34.1 Å². The van der Waals surface area contributed by atoms with Gasteiger partial charge in [-0.15, -0.1) is 0 Å². The molecule has 1 fully saturated rings. The molecule has 0 bridgehead atoms. The van der Waals surface area contributed by atoms with Gasteiger partial charge in [-0.25, -0.2) is 9.37 Å². The average molecular weight is 396 g/mol. The van der Waals surface area contributed by atoms with E-state index in [1.165, 1.54) is 0 Å². The fourth-order valence-electron chi connectivity index (χ4n) is 3.93. The highest BCUT2D eigenvalue weighted by Gasteiger charge is 2.24. The maximum absolute atomic E-state index is 14.7.